The van der Waals surface area contributed by atoms with Crippen molar-refractivity contribution >= 4 is 10.0 Å². The van der Waals surface area contributed by atoms with Crippen LogP contribution in [-0.2, 0) is 30.2 Å². The lowest BCUT2D eigenvalue weighted by atomic mass is 10.4. The Balaban J connectivity index is 2.04. The molecular weight excluding hydrogens is 290 g/mol. The molecule has 3 N–H and O–H groups in total. The van der Waals surface area contributed by atoms with Gasteiger partial charge in [-0.25, -0.2) is 13.1 Å². The van der Waals surface area contributed by atoms with Crippen molar-refractivity contribution in [3.8, 4) is 0 Å². The average molecular weight is 311 g/mol. The molecule has 2 rings (SSSR count). The molecule has 2 aromatic rings. The summed E-state index contributed by atoms with van der Waals surface area (Å²) in [6, 6.07) is 1.69. The van der Waals surface area contributed by atoms with E-state index >= 15 is 0 Å². The van der Waals surface area contributed by atoms with Crippen LogP contribution in [-0.4, -0.2) is 29.7 Å². The van der Waals surface area contributed by atoms with E-state index in [-0.39, 0.29) is 11.4 Å². The van der Waals surface area contributed by atoms with Gasteiger partial charge < -0.3 is 9.88 Å². The first-order chi connectivity index (χ1) is 10.0. The van der Waals surface area contributed by atoms with Crippen molar-refractivity contribution in [2.45, 2.75) is 31.3 Å². The van der Waals surface area contributed by atoms with E-state index in [1.807, 2.05) is 11.6 Å². The largest absolute Gasteiger partial charge is 0.352 e. The van der Waals surface area contributed by atoms with Crippen molar-refractivity contribution in [2.75, 3.05) is 6.54 Å². The molecule has 0 saturated carbocycles. The Hall–Kier alpha value is -1.64. The van der Waals surface area contributed by atoms with Gasteiger partial charge in [-0.1, -0.05) is 6.92 Å². The van der Waals surface area contributed by atoms with Gasteiger partial charge in [0, 0.05) is 43.8 Å². The topological polar surface area (TPSA) is 91.8 Å². The normalized spacial score (nSPS) is 11.9. The van der Waals surface area contributed by atoms with Crippen LogP contribution >= 0.6 is 0 Å². The fraction of sp³-hybridized carbons (Fsp3) is 0.462. The second-order valence-corrected chi connectivity index (χ2v) is 6.65. The third kappa shape index (κ3) is 4.16. The van der Waals surface area contributed by atoms with Crippen LogP contribution in [0.15, 0.2) is 29.6 Å². The van der Waals surface area contributed by atoms with Gasteiger partial charge >= 0.3 is 0 Å². The van der Waals surface area contributed by atoms with Crippen LogP contribution in [0.5, 0.6) is 0 Å². The van der Waals surface area contributed by atoms with Gasteiger partial charge in [0.25, 0.3) is 0 Å². The van der Waals surface area contributed by atoms with Gasteiger partial charge in [-0.2, -0.15) is 5.10 Å². The fourth-order valence-corrected chi connectivity index (χ4v) is 3.04. The third-order valence-electron chi connectivity index (χ3n) is 3.15. The zero-order valence-electron chi connectivity index (χ0n) is 12.3. The number of nitrogens with one attached hydrogen (secondary N) is 3. The third-order valence-corrected chi connectivity index (χ3v) is 4.52. The maximum atomic E-state index is 12.2. The summed E-state index contributed by atoms with van der Waals surface area (Å²) >= 11 is 0. The zero-order valence-corrected chi connectivity index (χ0v) is 13.1. The molecule has 0 spiro atoms. The Morgan fingerprint density at radius 1 is 1.38 bits per heavy atom. The van der Waals surface area contributed by atoms with Crippen LogP contribution in [0.2, 0.25) is 0 Å². The van der Waals surface area contributed by atoms with Gasteiger partial charge in [0.1, 0.15) is 0 Å². The summed E-state index contributed by atoms with van der Waals surface area (Å²) in [6.07, 6.45) is 5.92. The fourth-order valence-electron chi connectivity index (χ4n) is 1.93. The quantitative estimate of drug-likeness (QED) is 0.627. The summed E-state index contributed by atoms with van der Waals surface area (Å²) in [6.45, 7) is 3.87. The number of hydrogen-bond donors (Lipinski definition) is 3. The van der Waals surface area contributed by atoms with Gasteiger partial charge in [-0.3, -0.25) is 5.10 Å². The van der Waals surface area contributed by atoms with Gasteiger partial charge in [0.2, 0.25) is 10.0 Å². The molecule has 0 unspecified atom stereocenters. The van der Waals surface area contributed by atoms with Crippen LogP contribution < -0.4 is 10.0 Å². The summed E-state index contributed by atoms with van der Waals surface area (Å²) in [4.78, 5) is 0.279. The number of nitrogens with zero attached hydrogens (tertiary/aromatic N) is 2. The molecule has 2 aromatic heterocycles. The molecule has 7 nitrogen and oxygen atoms in total. The maximum Gasteiger partial charge on any atom is 0.242 e. The van der Waals surface area contributed by atoms with E-state index in [0.29, 0.717) is 6.54 Å². The molecular formula is C13H21N5O2S. The predicted octanol–water partition coefficient (Wildman–Crippen LogP) is 0.726. The summed E-state index contributed by atoms with van der Waals surface area (Å²) in [5.74, 6) is 0. The molecule has 2 heterocycles. The van der Waals surface area contributed by atoms with Gasteiger partial charge in [-0.15, -0.1) is 0 Å². The molecule has 0 bridgehead atoms. The van der Waals surface area contributed by atoms with Gasteiger partial charge in [0.15, 0.2) is 0 Å². The number of aromatic nitrogens is 3. The number of aromatic amines is 1. The highest BCUT2D eigenvalue weighted by Crippen LogP contribution is 2.13. The zero-order chi connectivity index (χ0) is 15.3. The van der Waals surface area contributed by atoms with Crippen molar-refractivity contribution in [2.24, 2.45) is 7.05 Å². The van der Waals surface area contributed by atoms with E-state index in [1.165, 1.54) is 0 Å². The minimum absolute atomic E-state index is 0.219. The molecule has 0 fully saturated rings. The van der Waals surface area contributed by atoms with Crippen molar-refractivity contribution in [1.82, 2.24) is 24.8 Å². The molecule has 8 heteroatoms. The molecule has 0 aliphatic heterocycles. The molecule has 0 aliphatic carbocycles. The first-order valence-corrected chi connectivity index (χ1v) is 8.34. The predicted molar refractivity (Wildman–Crippen MR) is 80.0 cm³/mol. The van der Waals surface area contributed by atoms with Crippen LogP contribution in [0, 0.1) is 0 Å². The minimum atomic E-state index is -3.51. The van der Waals surface area contributed by atoms with Crippen LogP contribution in [0.3, 0.4) is 0 Å². The lowest BCUT2D eigenvalue weighted by molar-refractivity contribution is 0.581. The van der Waals surface area contributed by atoms with E-state index in [9.17, 15) is 8.42 Å². The highest BCUT2D eigenvalue weighted by atomic mass is 32.2. The second-order valence-electron chi connectivity index (χ2n) is 4.89. The number of H-pyrrole nitrogens is 1. The van der Waals surface area contributed by atoms with E-state index in [4.69, 9.17) is 0 Å². The minimum Gasteiger partial charge on any atom is -0.352 e. The van der Waals surface area contributed by atoms with Crippen molar-refractivity contribution in [3.05, 3.63) is 35.9 Å². The summed E-state index contributed by atoms with van der Waals surface area (Å²) in [5.41, 5.74) is 1.73. The molecule has 0 radical (unpaired) electrons. The number of sulfonamides is 1. The maximum absolute atomic E-state index is 12.2. The van der Waals surface area contributed by atoms with Crippen molar-refractivity contribution in [3.63, 3.8) is 0 Å². The smallest absolute Gasteiger partial charge is 0.242 e. The van der Waals surface area contributed by atoms with E-state index in [2.05, 4.69) is 27.2 Å². The molecule has 0 amide bonds. The first kappa shape index (κ1) is 15.7. The molecule has 21 heavy (non-hydrogen) atoms. The Morgan fingerprint density at radius 3 is 2.86 bits per heavy atom. The Kier molecular flexibility index (Phi) is 5.16. The second kappa shape index (κ2) is 6.88. The molecule has 116 valence electrons. The van der Waals surface area contributed by atoms with Crippen LogP contribution in [0.25, 0.3) is 0 Å². The lowest BCUT2D eigenvalue weighted by Gasteiger charge is -2.03. The monoisotopic (exact) mass is 311 g/mol. The number of rotatable bonds is 8. The van der Waals surface area contributed by atoms with Crippen molar-refractivity contribution < 1.29 is 8.42 Å². The Bertz CT molecular complexity index is 661. The first-order valence-electron chi connectivity index (χ1n) is 6.86. The van der Waals surface area contributed by atoms with Crippen LogP contribution in [0.1, 0.15) is 24.6 Å². The van der Waals surface area contributed by atoms with Crippen molar-refractivity contribution in [1.29, 1.82) is 0 Å². The Morgan fingerprint density at radius 2 is 2.19 bits per heavy atom. The van der Waals surface area contributed by atoms with E-state index in [1.54, 1.807) is 24.7 Å². The van der Waals surface area contributed by atoms with E-state index < -0.39 is 10.0 Å². The average Bonchev–Trinajstić information content (AvgIpc) is 3.07. The summed E-state index contributed by atoms with van der Waals surface area (Å²) in [7, 11) is -1.66. The summed E-state index contributed by atoms with van der Waals surface area (Å²) in [5, 5.41) is 9.70. The number of aryl methyl sites for hydroxylation is 1. The molecule has 0 saturated heterocycles. The summed E-state index contributed by atoms with van der Waals surface area (Å²) < 4.78 is 28.9. The van der Waals surface area contributed by atoms with E-state index in [0.717, 1.165) is 24.2 Å². The molecule has 0 aromatic carbocycles. The van der Waals surface area contributed by atoms with Crippen LogP contribution in [0.4, 0.5) is 0 Å². The molecule has 0 atom stereocenters. The highest BCUT2D eigenvalue weighted by molar-refractivity contribution is 7.89. The van der Waals surface area contributed by atoms with Gasteiger partial charge in [0.05, 0.1) is 11.1 Å². The molecule has 0 aliphatic rings. The lowest BCUT2D eigenvalue weighted by Crippen LogP contribution is -2.22. The SMILES string of the molecule is CCCNCc1cc(S(=O)(=O)NCc2cn[nH]c2)cn1C. The Labute approximate surface area is 124 Å². The highest BCUT2D eigenvalue weighted by Gasteiger charge is 2.17. The standard InChI is InChI=1S/C13H21N5O2S/c1-3-4-14-9-12-5-13(10-18(12)2)21(19,20)17-8-11-6-15-16-7-11/h5-7,10,14,17H,3-4,8-9H2,1-2H3,(H,15,16). The number of hydrogen-bond acceptors (Lipinski definition) is 4. The van der Waals surface area contributed by atoms with Gasteiger partial charge in [-0.05, 0) is 19.0 Å².